The van der Waals surface area contributed by atoms with E-state index in [0.717, 1.165) is 24.1 Å². The Balaban J connectivity index is 2.44. The minimum atomic E-state index is -0.196. The van der Waals surface area contributed by atoms with Gasteiger partial charge in [-0.25, -0.2) is 4.39 Å². The fourth-order valence-electron chi connectivity index (χ4n) is 2.34. The van der Waals surface area contributed by atoms with E-state index in [1.165, 1.54) is 6.07 Å². The lowest BCUT2D eigenvalue weighted by Crippen LogP contribution is -2.24. The molecule has 0 radical (unpaired) electrons. The first-order chi connectivity index (χ1) is 9.61. The highest BCUT2D eigenvalue weighted by Crippen LogP contribution is 2.27. The summed E-state index contributed by atoms with van der Waals surface area (Å²) in [6, 6.07) is 12.6. The lowest BCUT2D eigenvalue weighted by molar-refractivity contribution is 0.546. The molecule has 0 spiro atoms. The molecule has 106 valence electrons. The second-order valence-electron chi connectivity index (χ2n) is 4.97. The third kappa shape index (κ3) is 3.59. The molecule has 0 bridgehead atoms. The molecule has 1 unspecified atom stereocenters. The Morgan fingerprint density at radius 1 is 1.20 bits per heavy atom. The van der Waals surface area contributed by atoms with Gasteiger partial charge >= 0.3 is 0 Å². The van der Waals surface area contributed by atoms with E-state index >= 15 is 0 Å². The highest BCUT2D eigenvalue weighted by molar-refractivity contribution is 6.30. The van der Waals surface area contributed by atoms with Gasteiger partial charge in [0, 0.05) is 10.6 Å². The number of halogens is 2. The van der Waals surface area contributed by atoms with Gasteiger partial charge in [0.2, 0.25) is 0 Å². The first-order valence-corrected chi connectivity index (χ1v) is 7.24. The molecule has 1 atom stereocenters. The van der Waals surface area contributed by atoms with Crippen molar-refractivity contribution in [1.29, 1.82) is 0 Å². The van der Waals surface area contributed by atoms with Gasteiger partial charge in [-0.1, -0.05) is 42.8 Å². The maximum Gasteiger partial charge on any atom is 0.128 e. The third-order valence-electron chi connectivity index (χ3n) is 3.21. The lowest BCUT2D eigenvalue weighted by atomic mass is 9.96. The molecule has 20 heavy (non-hydrogen) atoms. The van der Waals surface area contributed by atoms with Crippen LogP contribution in [0.5, 0.6) is 0 Å². The highest BCUT2D eigenvalue weighted by atomic mass is 35.5. The van der Waals surface area contributed by atoms with E-state index in [0.29, 0.717) is 10.6 Å². The van der Waals surface area contributed by atoms with Gasteiger partial charge in [0.05, 0.1) is 6.04 Å². The maximum atomic E-state index is 14.1. The average Bonchev–Trinajstić information content (AvgIpc) is 2.40. The van der Waals surface area contributed by atoms with E-state index in [1.54, 1.807) is 6.07 Å². The maximum absolute atomic E-state index is 14.1. The van der Waals surface area contributed by atoms with Crippen molar-refractivity contribution in [3.05, 3.63) is 70.0 Å². The smallest absolute Gasteiger partial charge is 0.128 e. The number of hydrogen-bond donors (Lipinski definition) is 1. The Bertz CT molecular complexity index is 563. The normalized spacial score (nSPS) is 12.4. The first kappa shape index (κ1) is 15.0. The van der Waals surface area contributed by atoms with Crippen LogP contribution >= 0.6 is 11.6 Å². The van der Waals surface area contributed by atoms with Crippen LogP contribution in [0.4, 0.5) is 4.39 Å². The fourth-order valence-corrected chi connectivity index (χ4v) is 2.63. The van der Waals surface area contributed by atoms with Crippen LogP contribution in [0.15, 0.2) is 42.5 Å². The van der Waals surface area contributed by atoms with Crippen molar-refractivity contribution in [2.75, 3.05) is 6.54 Å². The number of benzene rings is 2. The Morgan fingerprint density at radius 3 is 2.60 bits per heavy atom. The summed E-state index contributed by atoms with van der Waals surface area (Å²) in [4.78, 5) is 0. The molecule has 2 aromatic carbocycles. The van der Waals surface area contributed by atoms with Crippen LogP contribution < -0.4 is 5.32 Å². The Labute approximate surface area is 124 Å². The van der Waals surface area contributed by atoms with Gasteiger partial charge < -0.3 is 5.32 Å². The molecule has 3 heteroatoms. The van der Waals surface area contributed by atoms with Gasteiger partial charge in [0.1, 0.15) is 5.82 Å². The summed E-state index contributed by atoms with van der Waals surface area (Å²) in [5.41, 5.74) is 2.73. The molecule has 0 aliphatic carbocycles. The average molecular weight is 292 g/mol. The van der Waals surface area contributed by atoms with Crippen molar-refractivity contribution < 1.29 is 4.39 Å². The Morgan fingerprint density at radius 2 is 1.95 bits per heavy atom. The summed E-state index contributed by atoms with van der Waals surface area (Å²) < 4.78 is 14.1. The van der Waals surface area contributed by atoms with Crippen LogP contribution in [0.1, 0.15) is 36.1 Å². The number of rotatable bonds is 5. The molecular weight excluding hydrogens is 273 g/mol. The largest absolute Gasteiger partial charge is 0.306 e. The molecule has 0 saturated heterocycles. The van der Waals surface area contributed by atoms with Gasteiger partial charge in [0.25, 0.3) is 0 Å². The van der Waals surface area contributed by atoms with Crippen molar-refractivity contribution in [3.8, 4) is 0 Å². The standard InChI is InChI=1S/C17H19ClFN/c1-3-8-20-17(15-6-4-5-7-16(15)19)13-9-12(2)10-14(18)11-13/h4-7,9-11,17,20H,3,8H2,1-2H3. The van der Waals surface area contributed by atoms with Crippen molar-refractivity contribution in [2.24, 2.45) is 0 Å². The SMILES string of the molecule is CCCNC(c1cc(C)cc(Cl)c1)c1ccccc1F. The van der Waals surface area contributed by atoms with Gasteiger partial charge in [-0.05, 0) is 49.2 Å². The predicted molar refractivity (Wildman–Crippen MR) is 82.7 cm³/mol. The summed E-state index contributed by atoms with van der Waals surface area (Å²) in [7, 11) is 0. The minimum Gasteiger partial charge on any atom is -0.306 e. The first-order valence-electron chi connectivity index (χ1n) is 6.86. The van der Waals surface area contributed by atoms with Crippen LogP contribution in [-0.4, -0.2) is 6.54 Å². The zero-order valence-corrected chi connectivity index (χ0v) is 12.5. The lowest BCUT2D eigenvalue weighted by Gasteiger charge is -2.21. The molecule has 0 heterocycles. The topological polar surface area (TPSA) is 12.0 Å². The van der Waals surface area contributed by atoms with E-state index in [-0.39, 0.29) is 11.9 Å². The molecule has 0 aliphatic heterocycles. The van der Waals surface area contributed by atoms with Crippen molar-refractivity contribution >= 4 is 11.6 Å². The fraction of sp³-hybridized carbons (Fsp3) is 0.294. The zero-order valence-electron chi connectivity index (χ0n) is 11.8. The predicted octanol–water partition coefficient (Wildman–Crippen LogP) is 4.88. The van der Waals surface area contributed by atoms with Gasteiger partial charge in [-0.3, -0.25) is 0 Å². The van der Waals surface area contributed by atoms with Crippen LogP contribution in [0, 0.1) is 12.7 Å². The molecule has 0 fully saturated rings. The number of aryl methyl sites for hydroxylation is 1. The molecule has 1 nitrogen and oxygen atoms in total. The van der Waals surface area contributed by atoms with Gasteiger partial charge in [-0.15, -0.1) is 0 Å². The van der Waals surface area contributed by atoms with Gasteiger partial charge in [-0.2, -0.15) is 0 Å². The van der Waals surface area contributed by atoms with Crippen LogP contribution in [-0.2, 0) is 0 Å². The number of nitrogens with one attached hydrogen (secondary N) is 1. The van der Waals surface area contributed by atoms with Crippen LogP contribution in [0.3, 0.4) is 0 Å². The summed E-state index contributed by atoms with van der Waals surface area (Å²) in [6.45, 7) is 4.91. The second-order valence-corrected chi connectivity index (χ2v) is 5.41. The van der Waals surface area contributed by atoms with E-state index in [9.17, 15) is 4.39 Å². The molecular formula is C17H19ClFN. The molecule has 0 amide bonds. The minimum absolute atomic E-state index is 0.173. The molecule has 0 aliphatic rings. The van der Waals surface area contributed by atoms with E-state index in [1.807, 2.05) is 37.3 Å². The van der Waals surface area contributed by atoms with Crippen molar-refractivity contribution in [3.63, 3.8) is 0 Å². The van der Waals surface area contributed by atoms with Gasteiger partial charge in [0.15, 0.2) is 0 Å². The quantitative estimate of drug-likeness (QED) is 0.828. The summed E-state index contributed by atoms with van der Waals surface area (Å²) in [5.74, 6) is -0.196. The van der Waals surface area contributed by atoms with E-state index in [2.05, 4.69) is 12.2 Å². The zero-order chi connectivity index (χ0) is 14.5. The van der Waals surface area contributed by atoms with Crippen LogP contribution in [0.2, 0.25) is 5.02 Å². The molecule has 1 N–H and O–H groups in total. The molecule has 2 rings (SSSR count). The molecule has 0 saturated carbocycles. The molecule has 0 aromatic heterocycles. The monoisotopic (exact) mass is 291 g/mol. The van der Waals surface area contributed by atoms with E-state index < -0.39 is 0 Å². The van der Waals surface area contributed by atoms with Crippen LogP contribution in [0.25, 0.3) is 0 Å². The number of hydrogen-bond acceptors (Lipinski definition) is 1. The van der Waals surface area contributed by atoms with Crippen molar-refractivity contribution in [1.82, 2.24) is 5.32 Å². The second kappa shape index (κ2) is 6.87. The third-order valence-corrected chi connectivity index (χ3v) is 3.43. The molecule has 2 aromatic rings. The Kier molecular flexibility index (Phi) is 5.16. The van der Waals surface area contributed by atoms with Crippen molar-refractivity contribution in [2.45, 2.75) is 26.3 Å². The summed E-state index contributed by atoms with van der Waals surface area (Å²) in [6.07, 6.45) is 0.991. The Hall–Kier alpha value is -1.38. The highest BCUT2D eigenvalue weighted by Gasteiger charge is 2.17. The van der Waals surface area contributed by atoms with E-state index in [4.69, 9.17) is 11.6 Å². The summed E-state index contributed by atoms with van der Waals surface area (Å²) in [5, 5.41) is 4.08. The summed E-state index contributed by atoms with van der Waals surface area (Å²) >= 11 is 6.13.